The first-order valence-corrected chi connectivity index (χ1v) is 14.4. The molecule has 0 saturated carbocycles. The summed E-state index contributed by atoms with van der Waals surface area (Å²) in [5.41, 5.74) is 3.36. The molecule has 210 valence electrons. The second kappa shape index (κ2) is 17.5. The van der Waals surface area contributed by atoms with Crippen LogP contribution in [-0.2, 0) is 9.59 Å². The number of benzene rings is 3. The van der Waals surface area contributed by atoms with Gasteiger partial charge in [-0.1, -0.05) is 58.4 Å². The minimum atomic E-state index is -0.192. The van der Waals surface area contributed by atoms with E-state index < -0.39 is 0 Å². The van der Waals surface area contributed by atoms with Crippen LogP contribution in [0.1, 0.15) is 89.2 Å². The Hall–Kier alpha value is -4.06. The van der Waals surface area contributed by atoms with E-state index in [1.54, 1.807) is 36.7 Å². The van der Waals surface area contributed by atoms with E-state index in [1.165, 1.54) is 0 Å². The SMILES string of the molecule is CCCCCCC(=O)Oc1ccc(C=Nc2cccc(N=Cc3ccc(OC(=O)CCCCCC)cc3)c2)cc1. The van der Waals surface area contributed by atoms with Crippen molar-refractivity contribution in [3.63, 3.8) is 0 Å². The van der Waals surface area contributed by atoms with Gasteiger partial charge >= 0.3 is 11.9 Å². The summed E-state index contributed by atoms with van der Waals surface area (Å²) < 4.78 is 10.8. The normalized spacial score (nSPS) is 11.2. The molecule has 0 unspecified atom stereocenters. The van der Waals surface area contributed by atoms with Crippen molar-refractivity contribution in [3.05, 3.63) is 83.9 Å². The maximum atomic E-state index is 12.0. The molecule has 6 nitrogen and oxygen atoms in total. The molecule has 0 radical (unpaired) electrons. The molecular weight excluding hydrogens is 500 g/mol. The lowest BCUT2D eigenvalue weighted by atomic mass is 10.1. The first kappa shape index (κ1) is 30.5. The van der Waals surface area contributed by atoms with Crippen molar-refractivity contribution in [2.75, 3.05) is 0 Å². The van der Waals surface area contributed by atoms with E-state index in [-0.39, 0.29) is 11.9 Å². The number of aliphatic imine (C=N–C) groups is 2. The molecule has 0 saturated heterocycles. The summed E-state index contributed by atoms with van der Waals surface area (Å²) in [6.07, 6.45) is 12.8. The topological polar surface area (TPSA) is 77.3 Å². The Morgan fingerprint density at radius 1 is 0.600 bits per heavy atom. The minimum Gasteiger partial charge on any atom is -0.427 e. The van der Waals surface area contributed by atoms with Gasteiger partial charge in [-0.2, -0.15) is 0 Å². The zero-order valence-corrected chi connectivity index (χ0v) is 23.7. The summed E-state index contributed by atoms with van der Waals surface area (Å²) in [7, 11) is 0. The number of nitrogens with zero attached hydrogens (tertiary/aromatic N) is 2. The van der Waals surface area contributed by atoms with E-state index in [0.29, 0.717) is 24.3 Å². The highest BCUT2D eigenvalue weighted by atomic mass is 16.5. The van der Waals surface area contributed by atoms with Crippen molar-refractivity contribution in [2.24, 2.45) is 9.98 Å². The maximum absolute atomic E-state index is 12.0. The molecule has 0 bridgehead atoms. The highest BCUT2D eigenvalue weighted by Gasteiger charge is 2.06. The molecule has 3 aromatic carbocycles. The van der Waals surface area contributed by atoms with Gasteiger partial charge in [-0.05, 0) is 90.7 Å². The van der Waals surface area contributed by atoms with E-state index in [4.69, 9.17) is 9.47 Å². The van der Waals surface area contributed by atoms with Crippen LogP contribution in [0.4, 0.5) is 11.4 Å². The van der Waals surface area contributed by atoms with E-state index in [1.807, 2.05) is 48.5 Å². The monoisotopic (exact) mass is 540 g/mol. The van der Waals surface area contributed by atoms with E-state index >= 15 is 0 Å². The average Bonchev–Trinajstić information content (AvgIpc) is 2.97. The third-order valence-electron chi connectivity index (χ3n) is 6.25. The lowest BCUT2D eigenvalue weighted by molar-refractivity contribution is -0.135. The highest BCUT2D eigenvalue weighted by Crippen LogP contribution is 2.21. The zero-order valence-electron chi connectivity index (χ0n) is 23.7. The zero-order chi connectivity index (χ0) is 28.4. The molecule has 0 aromatic heterocycles. The number of ether oxygens (including phenoxy) is 2. The third kappa shape index (κ3) is 11.8. The Balaban J connectivity index is 1.49. The molecule has 0 spiro atoms. The Morgan fingerprint density at radius 2 is 1.02 bits per heavy atom. The van der Waals surface area contributed by atoms with Crippen LogP contribution in [-0.4, -0.2) is 24.4 Å². The molecule has 0 fully saturated rings. The highest BCUT2D eigenvalue weighted by molar-refractivity contribution is 5.84. The number of hydrogen-bond donors (Lipinski definition) is 0. The van der Waals surface area contributed by atoms with Crippen molar-refractivity contribution in [3.8, 4) is 11.5 Å². The van der Waals surface area contributed by atoms with Crippen LogP contribution in [0.25, 0.3) is 0 Å². The van der Waals surface area contributed by atoms with Crippen molar-refractivity contribution in [1.29, 1.82) is 0 Å². The van der Waals surface area contributed by atoms with Gasteiger partial charge in [0.15, 0.2) is 0 Å². The van der Waals surface area contributed by atoms with Gasteiger partial charge in [-0.3, -0.25) is 19.6 Å². The second-order valence-corrected chi connectivity index (χ2v) is 9.74. The van der Waals surface area contributed by atoms with Crippen LogP contribution < -0.4 is 9.47 Å². The number of unbranched alkanes of at least 4 members (excludes halogenated alkanes) is 6. The first-order chi connectivity index (χ1) is 19.6. The molecule has 0 aliphatic heterocycles. The van der Waals surface area contributed by atoms with Gasteiger partial charge in [0.25, 0.3) is 0 Å². The fourth-order valence-corrected chi connectivity index (χ4v) is 3.95. The summed E-state index contributed by atoms with van der Waals surface area (Å²) in [6.45, 7) is 4.29. The molecule has 0 atom stereocenters. The standard InChI is InChI=1S/C34H40N2O4/c1-3-5-7-9-14-33(37)39-31-20-16-27(17-21-31)25-35-29-12-11-13-30(24-29)36-26-28-18-22-32(23-19-28)40-34(38)15-10-8-6-4-2/h11-13,16-26H,3-10,14-15H2,1-2H3. The fraction of sp³-hybridized carbons (Fsp3) is 0.353. The number of esters is 2. The molecule has 0 amide bonds. The van der Waals surface area contributed by atoms with Crippen molar-refractivity contribution >= 4 is 35.7 Å². The minimum absolute atomic E-state index is 0.192. The molecular formula is C34H40N2O4. The molecule has 0 aliphatic carbocycles. The Morgan fingerprint density at radius 3 is 1.43 bits per heavy atom. The van der Waals surface area contributed by atoms with Crippen molar-refractivity contribution in [1.82, 2.24) is 0 Å². The maximum Gasteiger partial charge on any atom is 0.311 e. The van der Waals surface area contributed by atoms with Crippen LogP contribution >= 0.6 is 0 Å². The average molecular weight is 541 g/mol. The van der Waals surface area contributed by atoms with E-state index in [9.17, 15) is 9.59 Å². The molecule has 0 aliphatic rings. The molecule has 6 heteroatoms. The van der Waals surface area contributed by atoms with Gasteiger partial charge in [0.1, 0.15) is 11.5 Å². The largest absolute Gasteiger partial charge is 0.427 e. The number of carbonyl (C=O) groups excluding carboxylic acids is 2. The Bertz CT molecular complexity index is 1150. The van der Waals surface area contributed by atoms with E-state index in [2.05, 4.69) is 23.8 Å². The van der Waals surface area contributed by atoms with Crippen LogP contribution in [0.2, 0.25) is 0 Å². The Kier molecular flexibility index (Phi) is 13.3. The molecule has 40 heavy (non-hydrogen) atoms. The van der Waals surface area contributed by atoms with Gasteiger partial charge in [-0.25, -0.2) is 0 Å². The van der Waals surface area contributed by atoms with Gasteiger partial charge in [0.05, 0.1) is 11.4 Å². The fourth-order valence-electron chi connectivity index (χ4n) is 3.95. The van der Waals surface area contributed by atoms with Crippen LogP contribution in [0.15, 0.2) is 82.8 Å². The number of hydrogen-bond acceptors (Lipinski definition) is 6. The van der Waals surface area contributed by atoms with Gasteiger partial charge in [0, 0.05) is 25.3 Å². The Labute approximate surface area is 238 Å². The summed E-state index contributed by atoms with van der Waals surface area (Å²) in [4.78, 5) is 33.1. The third-order valence-corrected chi connectivity index (χ3v) is 6.25. The predicted octanol–water partition coefficient (Wildman–Crippen LogP) is 8.94. The van der Waals surface area contributed by atoms with Crippen molar-refractivity contribution in [2.45, 2.75) is 78.1 Å². The van der Waals surface area contributed by atoms with Crippen molar-refractivity contribution < 1.29 is 19.1 Å². The van der Waals surface area contributed by atoms with E-state index in [0.717, 1.165) is 73.9 Å². The lowest BCUT2D eigenvalue weighted by Gasteiger charge is -2.04. The molecule has 0 heterocycles. The lowest BCUT2D eigenvalue weighted by Crippen LogP contribution is -2.07. The van der Waals surface area contributed by atoms with Gasteiger partial charge in [0.2, 0.25) is 0 Å². The molecule has 0 N–H and O–H groups in total. The van der Waals surface area contributed by atoms with Crippen LogP contribution in [0.5, 0.6) is 11.5 Å². The first-order valence-electron chi connectivity index (χ1n) is 14.4. The number of rotatable bonds is 16. The summed E-state index contributed by atoms with van der Waals surface area (Å²) in [5.74, 6) is 0.704. The molecule has 3 rings (SSSR count). The quantitative estimate of drug-likeness (QED) is 0.0786. The van der Waals surface area contributed by atoms with Gasteiger partial charge in [-0.15, -0.1) is 0 Å². The predicted molar refractivity (Wildman–Crippen MR) is 163 cm³/mol. The van der Waals surface area contributed by atoms with Gasteiger partial charge < -0.3 is 9.47 Å². The van der Waals surface area contributed by atoms with Crippen LogP contribution in [0.3, 0.4) is 0 Å². The summed E-state index contributed by atoms with van der Waals surface area (Å²) in [6, 6.07) is 22.3. The second-order valence-electron chi connectivity index (χ2n) is 9.74. The van der Waals surface area contributed by atoms with Crippen LogP contribution in [0, 0.1) is 0 Å². The number of carbonyl (C=O) groups is 2. The smallest absolute Gasteiger partial charge is 0.311 e. The summed E-state index contributed by atoms with van der Waals surface area (Å²) >= 11 is 0. The summed E-state index contributed by atoms with van der Waals surface area (Å²) in [5, 5.41) is 0. The molecule has 3 aromatic rings.